The average Bonchev–Trinajstić information content (AvgIpc) is 2.44. The Labute approximate surface area is 124 Å². The molecule has 0 aromatic carbocycles. The maximum atomic E-state index is 10.7. The summed E-state index contributed by atoms with van der Waals surface area (Å²) in [5.74, 6) is -2.05. The molecule has 1 saturated heterocycles. The number of aliphatic carboxylic acids is 1. The molecular formula is C7H11N4NaO6. The standard InChI is InChI=1S/C4H6N4O3.C3H6O3.Na/c5-3(10)6-1-2(9)8-4(11)7-1;1-2(4)3(5)6;/h1H,(H3,5,6,10)(H2,7,8,9,11);2,4H,1H3,(H,5,6);/q;;+1/p-1. The molecule has 0 saturated carbocycles. The first-order valence-electron chi connectivity index (χ1n) is 4.30. The first-order valence-corrected chi connectivity index (χ1v) is 4.30. The topological polar surface area (TPSA) is 174 Å². The molecule has 1 rings (SSSR count). The second-order valence-corrected chi connectivity index (χ2v) is 2.90. The van der Waals surface area contributed by atoms with Gasteiger partial charge in [-0.3, -0.25) is 10.1 Å². The Balaban J connectivity index is 0. The first kappa shape index (κ1) is 19.0. The summed E-state index contributed by atoms with van der Waals surface area (Å²) in [5.41, 5.74) is 4.70. The summed E-state index contributed by atoms with van der Waals surface area (Å²) >= 11 is 0. The molecule has 11 heteroatoms. The molecular weight excluding hydrogens is 259 g/mol. The van der Waals surface area contributed by atoms with Gasteiger partial charge in [0.25, 0.3) is 5.91 Å². The number of carboxylic acids is 1. The number of carboxylic acid groups (broad SMARTS) is 1. The zero-order chi connectivity index (χ0) is 13.6. The maximum Gasteiger partial charge on any atom is 1.00 e. The first-order chi connectivity index (χ1) is 7.73. The van der Waals surface area contributed by atoms with E-state index in [1.54, 1.807) is 0 Å². The number of rotatable bonds is 2. The summed E-state index contributed by atoms with van der Waals surface area (Å²) < 4.78 is 0. The smallest absolute Gasteiger partial charge is 0.547 e. The van der Waals surface area contributed by atoms with Gasteiger partial charge in [0.05, 0.1) is 12.1 Å². The van der Waals surface area contributed by atoms with Crippen LogP contribution in [0.3, 0.4) is 0 Å². The van der Waals surface area contributed by atoms with Crippen LogP contribution in [0.15, 0.2) is 0 Å². The fourth-order valence-electron chi connectivity index (χ4n) is 0.661. The van der Waals surface area contributed by atoms with Crippen LogP contribution in [0, 0.1) is 0 Å². The second-order valence-electron chi connectivity index (χ2n) is 2.90. The number of hydrogen-bond acceptors (Lipinski definition) is 6. The van der Waals surface area contributed by atoms with Crippen molar-refractivity contribution in [2.45, 2.75) is 19.2 Å². The molecule has 0 radical (unpaired) electrons. The number of carbonyl (C=O) groups excluding carboxylic acids is 4. The van der Waals surface area contributed by atoms with E-state index in [1.807, 2.05) is 10.6 Å². The number of urea groups is 2. The summed E-state index contributed by atoms with van der Waals surface area (Å²) in [7, 11) is 0. The summed E-state index contributed by atoms with van der Waals surface area (Å²) in [6.45, 7) is 1.13. The largest absolute Gasteiger partial charge is 1.00 e. The Kier molecular flexibility index (Phi) is 9.17. The molecule has 0 spiro atoms. The van der Waals surface area contributed by atoms with Gasteiger partial charge in [0, 0.05) is 0 Å². The molecule has 96 valence electrons. The van der Waals surface area contributed by atoms with E-state index in [-0.39, 0.29) is 29.6 Å². The van der Waals surface area contributed by atoms with Crippen LogP contribution in [0.4, 0.5) is 9.59 Å². The molecule has 18 heavy (non-hydrogen) atoms. The minimum Gasteiger partial charge on any atom is -0.547 e. The van der Waals surface area contributed by atoms with Gasteiger partial charge in [-0.25, -0.2) is 9.59 Å². The Morgan fingerprint density at radius 1 is 1.50 bits per heavy atom. The molecule has 0 bridgehead atoms. The van der Waals surface area contributed by atoms with Gasteiger partial charge < -0.3 is 31.4 Å². The quantitative estimate of drug-likeness (QED) is 0.246. The molecule has 0 aliphatic carbocycles. The van der Waals surface area contributed by atoms with Crippen molar-refractivity contribution in [2.75, 3.05) is 0 Å². The Morgan fingerprint density at radius 2 is 1.94 bits per heavy atom. The van der Waals surface area contributed by atoms with Crippen molar-refractivity contribution in [3.05, 3.63) is 0 Å². The van der Waals surface area contributed by atoms with E-state index in [2.05, 4.69) is 5.32 Å². The minimum atomic E-state index is -1.44. The molecule has 2 atom stereocenters. The van der Waals surface area contributed by atoms with Crippen molar-refractivity contribution < 1.29 is 58.9 Å². The SMILES string of the molecule is CC(O)C(=O)[O-].NC(=O)NC1NC(=O)NC1=O.[Na+]. The van der Waals surface area contributed by atoms with Crippen molar-refractivity contribution in [3.8, 4) is 0 Å². The third-order valence-corrected chi connectivity index (χ3v) is 1.40. The monoisotopic (exact) mass is 270 g/mol. The fourth-order valence-corrected chi connectivity index (χ4v) is 0.661. The van der Waals surface area contributed by atoms with Gasteiger partial charge in [-0.15, -0.1) is 0 Å². The van der Waals surface area contributed by atoms with Crippen LogP contribution in [0.2, 0.25) is 0 Å². The van der Waals surface area contributed by atoms with E-state index in [1.165, 1.54) is 0 Å². The molecule has 1 aliphatic heterocycles. The van der Waals surface area contributed by atoms with Gasteiger partial charge >= 0.3 is 41.6 Å². The van der Waals surface area contributed by atoms with Crippen LogP contribution < -0.4 is 56.3 Å². The summed E-state index contributed by atoms with van der Waals surface area (Å²) in [6.07, 6.45) is -2.38. The molecule has 1 aliphatic rings. The van der Waals surface area contributed by atoms with Crippen LogP contribution in [0.1, 0.15) is 6.92 Å². The van der Waals surface area contributed by atoms with Crippen molar-refractivity contribution in [2.24, 2.45) is 5.73 Å². The number of amides is 5. The molecule has 1 fully saturated rings. The Morgan fingerprint density at radius 3 is 2.17 bits per heavy atom. The molecule has 2 unspecified atom stereocenters. The number of nitrogens with one attached hydrogen (secondary N) is 3. The second kappa shape index (κ2) is 8.69. The Hall–Kier alpha value is -1.36. The van der Waals surface area contributed by atoms with Crippen LogP contribution in [0.5, 0.6) is 0 Å². The third kappa shape index (κ3) is 7.84. The van der Waals surface area contributed by atoms with Gasteiger partial charge in [0.15, 0.2) is 6.17 Å². The normalized spacial score (nSPS) is 18.2. The summed E-state index contributed by atoms with van der Waals surface area (Å²) in [6, 6.07) is -1.51. The van der Waals surface area contributed by atoms with E-state index >= 15 is 0 Å². The fraction of sp³-hybridized carbons (Fsp3) is 0.429. The van der Waals surface area contributed by atoms with E-state index in [0.29, 0.717) is 0 Å². The van der Waals surface area contributed by atoms with E-state index in [0.717, 1.165) is 6.92 Å². The van der Waals surface area contributed by atoms with E-state index in [9.17, 15) is 24.3 Å². The average molecular weight is 270 g/mol. The van der Waals surface area contributed by atoms with Crippen molar-refractivity contribution in [1.82, 2.24) is 16.0 Å². The van der Waals surface area contributed by atoms with Gasteiger partial charge in [-0.1, -0.05) is 0 Å². The zero-order valence-corrected chi connectivity index (χ0v) is 11.7. The number of aliphatic hydroxyl groups excluding tert-OH is 1. The molecule has 0 aromatic rings. The van der Waals surface area contributed by atoms with Gasteiger partial charge in [0.1, 0.15) is 0 Å². The predicted molar refractivity (Wildman–Crippen MR) is 49.9 cm³/mol. The maximum absolute atomic E-state index is 10.7. The van der Waals surface area contributed by atoms with E-state index in [4.69, 9.17) is 10.8 Å². The summed E-state index contributed by atoms with van der Waals surface area (Å²) in [5, 5.41) is 23.4. The molecule has 0 aromatic heterocycles. The summed E-state index contributed by atoms with van der Waals surface area (Å²) in [4.78, 5) is 40.6. The number of carbonyl (C=O) groups is 4. The molecule has 10 nitrogen and oxygen atoms in total. The van der Waals surface area contributed by atoms with Crippen LogP contribution >= 0.6 is 0 Å². The molecule has 6 N–H and O–H groups in total. The van der Waals surface area contributed by atoms with Crippen molar-refractivity contribution in [1.29, 1.82) is 0 Å². The third-order valence-electron chi connectivity index (χ3n) is 1.40. The molecule has 1 heterocycles. The van der Waals surface area contributed by atoms with Crippen LogP contribution in [0.25, 0.3) is 0 Å². The Bertz CT molecular complexity index is 347. The van der Waals surface area contributed by atoms with Crippen LogP contribution in [-0.2, 0) is 9.59 Å². The van der Waals surface area contributed by atoms with Gasteiger partial charge in [0.2, 0.25) is 0 Å². The van der Waals surface area contributed by atoms with Crippen molar-refractivity contribution >= 4 is 23.9 Å². The molecule has 5 amide bonds. The zero-order valence-electron chi connectivity index (χ0n) is 9.72. The number of nitrogens with two attached hydrogens (primary N) is 1. The number of primary amides is 1. The van der Waals surface area contributed by atoms with Gasteiger partial charge in [-0.2, -0.15) is 0 Å². The van der Waals surface area contributed by atoms with Crippen molar-refractivity contribution in [3.63, 3.8) is 0 Å². The van der Waals surface area contributed by atoms with Gasteiger partial charge in [-0.05, 0) is 6.92 Å². The predicted octanol–water partition coefficient (Wildman–Crippen LogP) is -7.06. The number of hydrogen-bond donors (Lipinski definition) is 5. The van der Waals surface area contributed by atoms with E-state index < -0.39 is 36.2 Å². The minimum absolute atomic E-state index is 0. The van der Waals surface area contributed by atoms with Crippen LogP contribution in [-0.4, -0.2) is 41.3 Å². The number of aliphatic hydroxyl groups is 1. The number of imide groups is 1.